The Morgan fingerprint density at radius 1 is 1.20 bits per heavy atom. The first kappa shape index (κ1) is 20.7. The highest BCUT2D eigenvalue weighted by Crippen LogP contribution is 2.32. The summed E-state index contributed by atoms with van der Waals surface area (Å²) in [5.41, 5.74) is 2.17. The molecule has 0 atom stereocenters. The molecule has 3 aromatic rings. The summed E-state index contributed by atoms with van der Waals surface area (Å²) in [6.07, 6.45) is 8.03. The standard InChI is InChI=1S/C24H31N3O3/c1-3-30-15-9-14-25-23(28)19-16-27(17-10-5-4-6-11-17)24(29)22-21(19)18-12-7-8-13-20(18)26(22)2/h7-8,12-13,16-17H,3-6,9-11,14-15H2,1-2H3,(H,25,28). The Labute approximate surface area is 176 Å². The molecule has 160 valence electrons. The molecule has 1 aliphatic rings. The molecule has 2 aromatic heterocycles. The number of carbonyl (C=O) groups is 1. The van der Waals surface area contributed by atoms with Crippen LogP contribution >= 0.6 is 0 Å². The summed E-state index contributed by atoms with van der Waals surface area (Å²) in [6.45, 7) is 3.82. The Morgan fingerprint density at radius 2 is 1.97 bits per heavy atom. The summed E-state index contributed by atoms with van der Waals surface area (Å²) < 4.78 is 9.14. The quantitative estimate of drug-likeness (QED) is 0.596. The predicted octanol–water partition coefficient (Wildman–Crippen LogP) is 4.15. The van der Waals surface area contributed by atoms with Crippen LogP contribution in [0.3, 0.4) is 0 Å². The van der Waals surface area contributed by atoms with Crippen molar-refractivity contribution in [2.24, 2.45) is 7.05 Å². The summed E-state index contributed by atoms with van der Waals surface area (Å²) >= 11 is 0. The number of hydrogen-bond acceptors (Lipinski definition) is 3. The van der Waals surface area contributed by atoms with Gasteiger partial charge in [-0.05, 0) is 32.3 Å². The van der Waals surface area contributed by atoms with Crippen LogP contribution in [-0.2, 0) is 11.8 Å². The van der Waals surface area contributed by atoms with Gasteiger partial charge in [-0.3, -0.25) is 9.59 Å². The molecule has 0 unspecified atom stereocenters. The van der Waals surface area contributed by atoms with E-state index in [2.05, 4.69) is 5.32 Å². The van der Waals surface area contributed by atoms with Gasteiger partial charge in [0.2, 0.25) is 0 Å². The minimum atomic E-state index is -0.127. The zero-order valence-corrected chi connectivity index (χ0v) is 17.9. The maximum absolute atomic E-state index is 13.5. The van der Waals surface area contributed by atoms with E-state index in [4.69, 9.17) is 4.74 Å². The van der Waals surface area contributed by atoms with Crippen LogP contribution < -0.4 is 10.9 Å². The molecule has 30 heavy (non-hydrogen) atoms. The molecular formula is C24H31N3O3. The fourth-order valence-electron chi connectivity index (χ4n) is 4.72. The van der Waals surface area contributed by atoms with Crippen LogP contribution in [0.15, 0.2) is 35.3 Å². The minimum absolute atomic E-state index is 0.00324. The third kappa shape index (κ3) is 3.76. The highest BCUT2D eigenvalue weighted by Gasteiger charge is 2.24. The number of pyridine rings is 1. The lowest BCUT2D eigenvalue weighted by molar-refractivity contribution is 0.0945. The molecule has 2 heterocycles. The number of ether oxygens (including phenoxy) is 1. The second-order valence-electron chi connectivity index (χ2n) is 8.15. The van der Waals surface area contributed by atoms with E-state index >= 15 is 0 Å². The average molecular weight is 410 g/mol. The van der Waals surface area contributed by atoms with Crippen molar-refractivity contribution in [3.63, 3.8) is 0 Å². The molecule has 1 saturated carbocycles. The lowest BCUT2D eigenvalue weighted by atomic mass is 9.95. The number of carbonyl (C=O) groups excluding carboxylic acids is 1. The van der Waals surface area contributed by atoms with Crippen molar-refractivity contribution < 1.29 is 9.53 Å². The fourth-order valence-corrected chi connectivity index (χ4v) is 4.72. The lowest BCUT2D eigenvalue weighted by Gasteiger charge is -2.25. The number of aryl methyl sites for hydroxylation is 1. The molecule has 1 aliphatic carbocycles. The van der Waals surface area contributed by atoms with Gasteiger partial charge >= 0.3 is 0 Å². The Bertz CT molecular complexity index is 1110. The summed E-state index contributed by atoms with van der Waals surface area (Å²) in [5.74, 6) is -0.127. The van der Waals surface area contributed by atoms with E-state index in [1.165, 1.54) is 6.42 Å². The van der Waals surface area contributed by atoms with Gasteiger partial charge in [0, 0.05) is 55.3 Å². The highest BCUT2D eigenvalue weighted by molar-refractivity contribution is 6.17. The number of fused-ring (bicyclic) bond motifs is 3. The molecule has 0 aliphatic heterocycles. The second-order valence-corrected chi connectivity index (χ2v) is 8.15. The highest BCUT2D eigenvalue weighted by atomic mass is 16.5. The third-order valence-corrected chi connectivity index (χ3v) is 6.25. The van der Waals surface area contributed by atoms with Gasteiger partial charge in [-0.2, -0.15) is 0 Å². The zero-order chi connectivity index (χ0) is 21.1. The van der Waals surface area contributed by atoms with Gasteiger partial charge in [0.1, 0.15) is 5.52 Å². The van der Waals surface area contributed by atoms with Crippen LogP contribution in [0.4, 0.5) is 0 Å². The van der Waals surface area contributed by atoms with Gasteiger partial charge in [-0.15, -0.1) is 0 Å². The van der Waals surface area contributed by atoms with Crippen LogP contribution in [0.5, 0.6) is 0 Å². The van der Waals surface area contributed by atoms with Gasteiger partial charge in [-0.1, -0.05) is 37.5 Å². The van der Waals surface area contributed by atoms with Crippen molar-refractivity contribution >= 4 is 27.7 Å². The van der Waals surface area contributed by atoms with E-state index in [0.29, 0.717) is 30.8 Å². The summed E-state index contributed by atoms with van der Waals surface area (Å²) in [5, 5.41) is 4.73. The smallest absolute Gasteiger partial charge is 0.275 e. The largest absolute Gasteiger partial charge is 0.382 e. The van der Waals surface area contributed by atoms with Crippen molar-refractivity contribution in [1.82, 2.24) is 14.5 Å². The predicted molar refractivity (Wildman–Crippen MR) is 120 cm³/mol. The van der Waals surface area contributed by atoms with Crippen molar-refractivity contribution in [2.45, 2.75) is 51.5 Å². The fraction of sp³-hybridized carbons (Fsp3) is 0.500. The summed E-state index contributed by atoms with van der Waals surface area (Å²) in [7, 11) is 1.92. The molecule has 1 fully saturated rings. The average Bonchev–Trinajstić information content (AvgIpc) is 3.08. The monoisotopic (exact) mass is 409 g/mol. The summed E-state index contributed by atoms with van der Waals surface area (Å²) in [6, 6.07) is 8.09. The lowest BCUT2D eigenvalue weighted by Crippen LogP contribution is -2.31. The van der Waals surface area contributed by atoms with Crippen molar-refractivity contribution in [2.75, 3.05) is 19.8 Å². The normalized spacial score (nSPS) is 15.1. The number of nitrogens with zero attached hydrogens (tertiary/aromatic N) is 2. The van der Waals surface area contributed by atoms with Crippen molar-refractivity contribution in [3.8, 4) is 0 Å². The van der Waals surface area contributed by atoms with E-state index in [1.807, 2.05) is 53.6 Å². The molecule has 1 N–H and O–H groups in total. The Hall–Kier alpha value is -2.60. The first-order valence-electron chi connectivity index (χ1n) is 11.1. The van der Waals surface area contributed by atoms with Gasteiger partial charge in [0.25, 0.3) is 11.5 Å². The number of amides is 1. The van der Waals surface area contributed by atoms with Crippen LogP contribution in [0.1, 0.15) is 61.8 Å². The second kappa shape index (κ2) is 9.04. The van der Waals surface area contributed by atoms with E-state index in [0.717, 1.165) is 48.4 Å². The van der Waals surface area contributed by atoms with Crippen LogP contribution in [-0.4, -0.2) is 34.8 Å². The van der Waals surface area contributed by atoms with E-state index in [-0.39, 0.29) is 17.5 Å². The SMILES string of the molecule is CCOCCCNC(=O)c1cn(C2CCCCC2)c(=O)c2c1c1ccccc1n2C. The Morgan fingerprint density at radius 3 is 2.73 bits per heavy atom. The molecular weight excluding hydrogens is 378 g/mol. The van der Waals surface area contributed by atoms with Crippen LogP contribution in [0, 0.1) is 0 Å². The molecule has 1 aromatic carbocycles. The van der Waals surface area contributed by atoms with Crippen molar-refractivity contribution in [3.05, 3.63) is 46.4 Å². The molecule has 0 radical (unpaired) electrons. The number of benzene rings is 1. The minimum Gasteiger partial charge on any atom is -0.382 e. The number of rotatable bonds is 7. The molecule has 1 amide bonds. The number of nitrogens with one attached hydrogen (secondary N) is 1. The van der Waals surface area contributed by atoms with E-state index in [9.17, 15) is 9.59 Å². The maximum atomic E-state index is 13.5. The van der Waals surface area contributed by atoms with Gasteiger partial charge in [-0.25, -0.2) is 0 Å². The summed E-state index contributed by atoms with van der Waals surface area (Å²) in [4.78, 5) is 26.7. The molecule has 0 spiro atoms. The molecule has 0 saturated heterocycles. The topological polar surface area (TPSA) is 65.3 Å². The Kier molecular flexibility index (Phi) is 6.23. The Balaban J connectivity index is 1.82. The molecule has 6 nitrogen and oxygen atoms in total. The molecule has 4 rings (SSSR count). The third-order valence-electron chi connectivity index (χ3n) is 6.25. The van der Waals surface area contributed by atoms with E-state index < -0.39 is 0 Å². The van der Waals surface area contributed by atoms with Crippen LogP contribution in [0.2, 0.25) is 0 Å². The van der Waals surface area contributed by atoms with Crippen molar-refractivity contribution in [1.29, 1.82) is 0 Å². The number of hydrogen-bond donors (Lipinski definition) is 1. The first-order chi connectivity index (χ1) is 14.6. The maximum Gasteiger partial charge on any atom is 0.275 e. The van der Waals surface area contributed by atoms with Gasteiger partial charge < -0.3 is 19.2 Å². The number of aromatic nitrogens is 2. The van der Waals surface area contributed by atoms with Gasteiger partial charge in [0.15, 0.2) is 0 Å². The molecule has 0 bridgehead atoms. The van der Waals surface area contributed by atoms with Gasteiger partial charge in [0.05, 0.1) is 5.56 Å². The zero-order valence-electron chi connectivity index (χ0n) is 17.9. The van der Waals surface area contributed by atoms with E-state index in [1.54, 1.807) is 0 Å². The van der Waals surface area contributed by atoms with Crippen LogP contribution in [0.25, 0.3) is 21.8 Å². The molecule has 6 heteroatoms. The first-order valence-corrected chi connectivity index (χ1v) is 11.1. The number of para-hydroxylation sites is 1.